The van der Waals surface area contributed by atoms with Gasteiger partial charge in [-0.1, -0.05) is 0 Å². The number of aliphatic imine (C=N–C) groups is 1. The Morgan fingerprint density at radius 3 is 2.62 bits per heavy atom. The Morgan fingerprint density at radius 2 is 2.04 bits per heavy atom. The zero-order valence-electron chi connectivity index (χ0n) is 14.6. The molecule has 2 aromatic rings. The second-order valence-corrected chi connectivity index (χ2v) is 5.35. The van der Waals surface area contributed by atoms with Crippen LogP contribution in [0.4, 0.5) is 0 Å². The Morgan fingerprint density at radius 1 is 1.31 bits per heavy atom. The second kappa shape index (κ2) is 9.07. The molecule has 0 fully saturated rings. The summed E-state index contributed by atoms with van der Waals surface area (Å²) in [7, 11) is 1.57. The van der Waals surface area contributed by atoms with Gasteiger partial charge in [-0.25, -0.2) is 9.97 Å². The maximum Gasteiger partial charge on any atom is 0.162 e. The first-order valence-corrected chi connectivity index (χ1v) is 7.89. The van der Waals surface area contributed by atoms with E-state index in [9.17, 15) is 5.26 Å². The largest absolute Gasteiger partial charge is 0.460 e. The van der Waals surface area contributed by atoms with Crippen molar-refractivity contribution in [3.63, 3.8) is 0 Å². The summed E-state index contributed by atoms with van der Waals surface area (Å²) >= 11 is 0. The molecule has 26 heavy (non-hydrogen) atoms. The van der Waals surface area contributed by atoms with Gasteiger partial charge in [-0.15, -0.1) is 0 Å². The molecule has 2 rings (SSSR count). The Balaban J connectivity index is 2.48. The van der Waals surface area contributed by atoms with E-state index in [0.29, 0.717) is 47.0 Å². The molecule has 0 bridgehead atoms. The molecule has 0 saturated heterocycles. The van der Waals surface area contributed by atoms with E-state index in [1.54, 1.807) is 44.6 Å². The standard InChI is InChI=1S/C19H18N6O/c1-13(16(9-22)12-23-2)26-18-7-14(8-21)3-4-17(18)19-24-10-15(5-6-20)11-25-19/h3-4,7,10-12H,5-6,20H2,1-2H3/b16-13+,23-12?. The lowest BCUT2D eigenvalue weighted by molar-refractivity contribution is 0.427. The highest BCUT2D eigenvalue weighted by Crippen LogP contribution is 2.30. The molecule has 0 aliphatic heterocycles. The third-order valence-corrected chi connectivity index (χ3v) is 3.51. The third-order valence-electron chi connectivity index (χ3n) is 3.51. The van der Waals surface area contributed by atoms with E-state index in [2.05, 4.69) is 21.0 Å². The van der Waals surface area contributed by atoms with Crippen LogP contribution < -0.4 is 10.5 Å². The third kappa shape index (κ3) is 4.50. The van der Waals surface area contributed by atoms with Crippen molar-refractivity contribution in [2.24, 2.45) is 10.7 Å². The van der Waals surface area contributed by atoms with Gasteiger partial charge in [0.1, 0.15) is 23.2 Å². The molecule has 0 aliphatic carbocycles. The molecular weight excluding hydrogens is 328 g/mol. The lowest BCUT2D eigenvalue weighted by Gasteiger charge is -2.12. The molecule has 1 aromatic carbocycles. The van der Waals surface area contributed by atoms with Crippen molar-refractivity contribution in [1.29, 1.82) is 10.5 Å². The van der Waals surface area contributed by atoms with Gasteiger partial charge in [0.05, 0.1) is 17.2 Å². The molecule has 7 heteroatoms. The molecule has 130 valence electrons. The minimum Gasteiger partial charge on any atom is -0.460 e. The quantitative estimate of drug-likeness (QED) is 0.487. The summed E-state index contributed by atoms with van der Waals surface area (Å²) in [6.07, 6.45) is 5.54. The molecule has 1 heterocycles. The smallest absolute Gasteiger partial charge is 0.162 e. The fraction of sp³-hybridized carbons (Fsp3) is 0.211. The second-order valence-electron chi connectivity index (χ2n) is 5.35. The SMILES string of the molecule is CN=C/C(C#N)=C(\C)Oc1cc(C#N)ccc1-c1ncc(CCN)cn1. The maximum absolute atomic E-state index is 9.21. The molecule has 0 radical (unpaired) electrons. The Labute approximate surface area is 152 Å². The predicted octanol–water partition coefficient (Wildman–Crippen LogP) is 2.39. The fourth-order valence-corrected chi connectivity index (χ4v) is 2.20. The van der Waals surface area contributed by atoms with Crippen LogP contribution in [0.2, 0.25) is 0 Å². The van der Waals surface area contributed by atoms with Crippen molar-refractivity contribution in [3.8, 4) is 29.3 Å². The number of nitrogens with two attached hydrogens (primary N) is 1. The number of nitriles is 2. The van der Waals surface area contributed by atoms with Crippen molar-refractivity contribution in [1.82, 2.24) is 9.97 Å². The van der Waals surface area contributed by atoms with Crippen molar-refractivity contribution in [2.45, 2.75) is 13.3 Å². The van der Waals surface area contributed by atoms with Crippen molar-refractivity contribution in [2.75, 3.05) is 13.6 Å². The number of ether oxygens (including phenoxy) is 1. The van der Waals surface area contributed by atoms with Crippen molar-refractivity contribution < 1.29 is 4.74 Å². The van der Waals surface area contributed by atoms with E-state index in [1.807, 2.05) is 6.07 Å². The molecule has 0 aliphatic rings. The van der Waals surface area contributed by atoms with Crippen molar-refractivity contribution >= 4 is 6.21 Å². The van der Waals surface area contributed by atoms with Gasteiger partial charge >= 0.3 is 0 Å². The highest BCUT2D eigenvalue weighted by molar-refractivity contribution is 5.84. The zero-order chi connectivity index (χ0) is 18.9. The van der Waals surface area contributed by atoms with Gasteiger partial charge < -0.3 is 10.5 Å². The molecule has 1 aromatic heterocycles. The van der Waals surface area contributed by atoms with Crippen LogP contribution in [0.15, 0.2) is 46.9 Å². The summed E-state index contributed by atoms with van der Waals surface area (Å²) in [5.74, 6) is 1.22. The van der Waals surface area contributed by atoms with Crippen LogP contribution in [0.3, 0.4) is 0 Å². The van der Waals surface area contributed by atoms with Gasteiger partial charge in [0.2, 0.25) is 0 Å². The van der Waals surface area contributed by atoms with E-state index in [1.165, 1.54) is 6.21 Å². The lowest BCUT2D eigenvalue weighted by Crippen LogP contribution is -2.04. The van der Waals surface area contributed by atoms with E-state index in [0.717, 1.165) is 5.56 Å². The van der Waals surface area contributed by atoms with Crippen LogP contribution in [-0.4, -0.2) is 29.8 Å². The van der Waals surface area contributed by atoms with E-state index in [-0.39, 0.29) is 0 Å². The molecule has 0 spiro atoms. The monoisotopic (exact) mass is 346 g/mol. The number of rotatable bonds is 6. The van der Waals surface area contributed by atoms with Crippen LogP contribution in [-0.2, 0) is 6.42 Å². The van der Waals surface area contributed by atoms with Crippen LogP contribution in [0.1, 0.15) is 18.1 Å². The number of nitrogens with zero attached hydrogens (tertiary/aromatic N) is 5. The zero-order valence-corrected chi connectivity index (χ0v) is 14.6. The van der Waals surface area contributed by atoms with Crippen LogP contribution in [0.5, 0.6) is 5.75 Å². The molecule has 0 unspecified atom stereocenters. The van der Waals surface area contributed by atoms with Crippen molar-refractivity contribution in [3.05, 3.63) is 53.1 Å². The molecule has 0 atom stereocenters. The summed E-state index contributed by atoms with van der Waals surface area (Å²) in [5, 5.41) is 18.4. The topological polar surface area (TPSA) is 121 Å². The summed E-state index contributed by atoms with van der Waals surface area (Å²) in [6, 6.07) is 9.08. The Hall–Kier alpha value is -3.55. The number of allylic oxidation sites excluding steroid dienone is 2. The van der Waals surface area contributed by atoms with E-state index >= 15 is 0 Å². The summed E-state index contributed by atoms with van der Waals surface area (Å²) in [6.45, 7) is 2.18. The molecule has 0 amide bonds. The summed E-state index contributed by atoms with van der Waals surface area (Å²) in [4.78, 5) is 12.5. The fourth-order valence-electron chi connectivity index (χ4n) is 2.20. The van der Waals surface area contributed by atoms with Gasteiger partial charge in [-0.3, -0.25) is 4.99 Å². The first-order chi connectivity index (χ1) is 12.6. The lowest BCUT2D eigenvalue weighted by atomic mass is 10.1. The molecule has 2 N–H and O–H groups in total. The van der Waals surface area contributed by atoms with Crippen LogP contribution in [0, 0.1) is 22.7 Å². The highest BCUT2D eigenvalue weighted by atomic mass is 16.5. The normalized spacial score (nSPS) is 11.6. The van der Waals surface area contributed by atoms with Gasteiger partial charge in [-0.05, 0) is 43.7 Å². The summed E-state index contributed by atoms with van der Waals surface area (Å²) in [5.41, 5.74) is 7.82. The van der Waals surface area contributed by atoms with E-state index < -0.39 is 0 Å². The number of hydrogen-bond donors (Lipinski definition) is 1. The number of benzene rings is 1. The minimum absolute atomic E-state index is 0.292. The van der Waals surface area contributed by atoms with Crippen LogP contribution in [0.25, 0.3) is 11.4 Å². The highest BCUT2D eigenvalue weighted by Gasteiger charge is 2.13. The average Bonchev–Trinajstić information content (AvgIpc) is 2.67. The van der Waals surface area contributed by atoms with Gasteiger partial charge in [0.15, 0.2) is 5.82 Å². The molecular formula is C19H18N6O. The number of hydrogen-bond acceptors (Lipinski definition) is 7. The average molecular weight is 346 g/mol. The minimum atomic E-state index is 0.292. The molecule has 7 nitrogen and oxygen atoms in total. The Bertz CT molecular complexity index is 917. The maximum atomic E-state index is 9.21. The Kier molecular flexibility index (Phi) is 6.55. The first kappa shape index (κ1) is 18.8. The van der Waals surface area contributed by atoms with Crippen LogP contribution >= 0.6 is 0 Å². The van der Waals surface area contributed by atoms with Gasteiger partial charge in [-0.2, -0.15) is 10.5 Å². The van der Waals surface area contributed by atoms with E-state index in [4.69, 9.17) is 15.7 Å². The first-order valence-electron chi connectivity index (χ1n) is 7.89. The van der Waals surface area contributed by atoms with Gasteiger partial charge in [0.25, 0.3) is 0 Å². The molecule has 0 saturated carbocycles. The predicted molar refractivity (Wildman–Crippen MR) is 98.3 cm³/mol. The number of aromatic nitrogens is 2. The summed E-state index contributed by atoms with van der Waals surface area (Å²) < 4.78 is 5.84. The van der Waals surface area contributed by atoms with Gasteiger partial charge in [0, 0.05) is 25.7 Å².